The molecular formula is C11H10ClF3N2O3. The fourth-order valence-corrected chi connectivity index (χ4v) is 1.75. The topological polar surface area (TPSA) is 72.2 Å². The van der Waals surface area contributed by atoms with Crippen molar-refractivity contribution < 1.29 is 22.9 Å². The maximum absolute atomic E-state index is 12.1. The molecule has 5 nitrogen and oxygen atoms in total. The van der Waals surface area contributed by atoms with Gasteiger partial charge in [0, 0.05) is 17.7 Å². The molecule has 1 rings (SSSR count). The Morgan fingerprint density at radius 1 is 1.50 bits per heavy atom. The number of nitro groups is 1. The highest BCUT2D eigenvalue weighted by atomic mass is 35.5. The van der Waals surface area contributed by atoms with Gasteiger partial charge in [-0.2, -0.15) is 13.2 Å². The number of carbonyl (C=O) groups excluding carboxylic acids is 1. The molecule has 0 saturated heterocycles. The van der Waals surface area contributed by atoms with Gasteiger partial charge in [-0.1, -0.05) is 11.6 Å². The second kappa shape index (κ2) is 6.08. The molecule has 110 valence electrons. The van der Waals surface area contributed by atoms with Crippen LogP contribution in [0.4, 0.5) is 18.9 Å². The molecule has 1 aromatic rings. The molecule has 0 aliphatic carbocycles. The Bertz CT molecular complexity index is 534. The van der Waals surface area contributed by atoms with Crippen LogP contribution in [0.2, 0.25) is 5.02 Å². The maximum atomic E-state index is 12.1. The first-order chi connectivity index (χ1) is 9.10. The zero-order valence-electron chi connectivity index (χ0n) is 10.2. The summed E-state index contributed by atoms with van der Waals surface area (Å²) in [5.41, 5.74) is -0.429. The third-order valence-electron chi connectivity index (χ3n) is 2.32. The van der Waals surface area contributed by atoms with Crippen molar-refractivity contribution in [2.75, 3.05) is 0 Å². The van der Waals surface area contributed by atoms with Crippen molar-refractivity contribution in [1.29, 1.82) is 0 Å². The van der Waals surface area contributed by atoms with E-state index in [2.05, 4.69) is 5.32 Å². The zero-order chi connectivity index (χ0) is 15.5. The summed E-state index contributed by atoms with van der Waals surface area (Å²) in [5.74, 6) is -0.779. The largest absolute Gasteiger partial charge is 0.391 e. The van der Waals surface area contributed by atoms with Crippen LogP contribution in [0, 0.1) is 10.1 Å². The number of nitro benzene ring substituents is 1. The summed E-state index contributed by atoms with van der Waals surface area (Å²) < 4.78 is 36.4. The van der Waals surface area contributed by atoms with E-state index in [1.54, 1.807) is 0 Å². The van der Waals surface area contributed by atoms with Crippen molar-refractivity contribution in [3.63, 3.8) is 0 Å². The summed E-state index contributed by atoms with van der Waals surface area (Å²) in [6.07, 6.45) is -5.56. The van der Waals surface area contributed by atoms with Gasteiger partial charge < -0.3 is 5.32 Å². The lowest BCUT2D eigenvalue weighted by Gasteiger charge is -2.15. The zero-order valence-corrected chi connectivity index (χ0v) is 11.0. The normalized spacial score (nSPS) is 12.8. The number of hydrogen-bond acceptors (Lipinski definition) is 3. The van der Waals surface area contributed by atoms with Crippen molar-refractivity contribution in [1.82, 2.24) is 5.32 Å². The Kier molecular flexibility index (Phi) is 4.93. The third-order valence-corrected chi connectivity index (χ3v) is 2.62. The van der Waals surface area contributed by atoms with Gasteiger partial charge >= 0.3 is 6.18 Å². The average molecular weight is 311 g/mol. The third kappa shape index (κ3) is 4.69. The number of hydrogen-bond donors (Lipinski definition) is 1. The number of benzene rings is 1. The van der Waals surface area contributed by atoms with Gasteiger partial charge in [-0.3, -0.25) is 14.9 Å². The van der Waals surface area contributed by atoms with Crippen LogP contribution in [0.25, 0.3) is 0 Å². The van der Waals surface area contributed by atoms with Crippen LogP contribution in [0.15, 0.2) is 18.2 Å². The molecule has 1 amide bonds. The number of nitrogens with zero attached hydrogens (tertiary/aromatic N) is 1. The van der Waals surface area contributed by atoms with Crippen molar-refractivity contribution in [2.45, 2.75) is 25.6 Å². The Balaban J connectivity index is 2.78. The predicted octanol–water partition coefficient (Wildman–Crippen LogP) is 3.32. The molecule has 0 aliphatic rings. The summed E-state index contributed by atoms with van der Waals surface area (Å²) in [6.45, 7) is 1.21. The molecule has 0 spiro atoms. The first kappa shape index (κ1) is 16.2. The van der Waals surface area contributed by atoms with Crippen LogP contribution in [-0.4, -0.2) is 23.0 Å². The van der Waals surface area contributed by atoms with Gasteiger partial charge in [0.05, 0.1) is 11.3 Å². The van der Waals surface area contributed by atoms with E-state index in [1.165, 1.54) is 6.92 Å². The first-order valence-corrected chi connectivity index (χ1v) is 5.79. The van der Waals surface area contributed by atoms with Gasteiger partial charge in [-0.05, 0) is 19.1 Å². The Morgan fingerprint density at radius 2 is 2.10 bits per heavy atom. The fraction of sp³-hybridized carbons (Fsp3) is 0.364. The van der Waals surface area contributed by atoms with Gasteiger partial charge in [0.25, 0.3) is 11.6 Å². The van der Waals surface area contributed by atoms with Crippen LogP contribution in [0.5, 0.6) is 0 Å². The molecule has 0 aromatic heterocycles. The van der Waals surface area contributed by atoms with Gasteiger partial charge in [0.15, 0.2) is 0 Å². The molecule has 0 radical (unpaired) electrons. The quantitative estimate of drug-likeness (QED) is 0.685. The van der Waals surface area contributed by atoms with Gasteiger partial charge in [-0.25, -0.2) is 0 Å². The summed E-state index contributed by atoms with van der Waals surface area (Å²) in [6, 6.07) is 2.07. The monoisotopic (exact) mass is 310 g/mol. The molecule has 20 heavy (non-hydrogen) atoms. The van der Waals surface area contributed by atoms with Gasteiger partial charge in [0.2, 0.25) is 0 Å². The molecule has 0 heterocycles. The van der Waals surface area contributed by atoms with Gasteiger partial charge in [0.1, 0.15) is 5.02 Å². The summed E-state index contributed by atoms with van der Waals surface area (Å²) in [4.78, 5) is 21.5. The average Bonchev–Trinajstić information content (AvgIpc) is 2.25. The van der Waals surface area contributed by atoms with E-state index in [0.717, 1.165) is 18.2 Å². The molecule has 1 aromatic carbocycles. The standard InChI is InChI=1S/C11H10ClF3N2O3/c1-6(5-11(13,14)15)16-10(18)7-2-3-9(17(19)20)8(12)4-7/h2-4,6H,5H2,1H3,(H,16,18). The van der Waals surface area contributed by atoms with Crippen molar-refractivity contribution >= 4 is 23.2 Å². The minimum atomic E-state index is -4.39. The highest BCUT2D eigenvalue weighted by molar-refractivity contribution is 6.33. The van der Waals surface area contributed by atoms with E-state index >= 15 is 0 Å². The number of rotatable bonds is 4. The van der Waals surface area contributed by atoms with E-state index in [0.29, 0.717) is 0 Å². The molecule has 1 N–H and O–H groups in total. The van der Waals surface area contributed by atoms with Crippen LogP contribution >= 0.6 is 11.6 Å². The van der Waals surface area contributed by atoms with Crippen LogP contribution in [-0.2, 0) is 0 Å². The minimum Gasteiger partial charge on any atom is -0.349 e. The van der Waals surface area contributed by atoms with Crippen molar-refractivity contribution in [3.05, 3.63) is 38.9 Å². The molecule has 0 fully saturated rings. The van der Waals surface area contributed by atoms with Crippen LogP contribution in [0.1, 0.15) is 23.7 Å². The number of halogens is 4. The fourth-order valence-electron chi connectivity index (χ4n) is 1.50. The van der Waals surface area contributed by atoms with E-state index in [-0.39, 0.29) is 16.3 Å². The van der Waals surface area contributed by atoms with Crippen LogP contribution < -0.4 is 5.32 Å². The summed E-state index contributed by atoms with van der Waals surface area (Å²) in [5, 5.41) is 12.4. The number of amides is 1. The molecular weight excluding hydrogens is 301 g/mol. The predicted molar refractivity (Wildman–Crippen MR) is 65.7 cm³/mol. The smallest absolute Gasteiger partial charge is 0.349 e. The number of nitrogens with one attached hydrogen (secondary N) is 1. The summed E-state index contributed by atoms with van der Waals surface area (Å²) >= 11 is 5.61. The van der Waals surface area contributed by atoms with E-state index < -0.39 is 29.5 Å². The lowest BCUT2D eigenvalue weighted by atomic mass is 10.1. The molecule has 1 atom stereocenters. The van der Waals surface area contributed by atoms with Gasteiger partial charge in [-0.15, -0.1) is 0 Å². The lowest BCUT2D eigenvalue weighted by Crippen LogP contribution is -2.35. The Hall–Kier alpha value is -1.83. The molecule has 0 saturated carbocycles. The number of carbonyl (C=O) groups is 1. The minimum absolute atomic E-state index is 0.0466. The second-order valence-electron chi connectivity index (χ2n) is 4.12. The lowest BCUT2D eigenvalue weighted by molar-refractivity contribution is -0.384. The second-order valence-corrected chi connectivity index (χ2v) is 4.52. The van der Waals surface area contributed by atoms with Crippen molar-refractivity contribution in [3.8, 4) is 0 Å². The molecule has 9 heteroatoms. The molecule has 1 unspecified atom stereocenters. The maximum Gasteiger partial charge on any atom is 0.391 e. The Labute approximate surface area is 116 Å². The van der Waals surface area contributed by atoms with E-state index in [4.69, 9.17) is 11.6 Å². The molecule has 0 aliphatic heterocycles. The SMILES string of the molecule is CC(CC(F)(F)F)NC(=O)c1ccc([N+](=O)[O-])c(Cl)c1. The molecule has 0 bridgehead atoms. The number of alkyl halides is 3. The van der Waals surface area contributed by atoms with Crippen LogP contribution in [0.3, 0.4) is 0 Å². The summed E-state index contributed by atoms with van der Waals surface area (Å²) in [7, 11) is 0. The highest BCUT2D eigenvalue weighted by Crippen LogP contribution is 2.25. The highest BCUT2D eigenvalue weighted by Gasteiger charge is 2.30. The first-order valence-electron chi connectivity index (χ1n) is 5.41. The van der Waals surface area contributed by atoms with E-state index in [1.807, 2.05) is 0 Å². The van der Waals surface area contributed by atoms with Crippen molar-refractivity contribution in [2.24, 2.45) is 0 Å². The van der Waals surface area contributed by atoms with E-state index in [9.17, 15) is 28.1 Å². The Morgan fingerprint density at radius 3 is 2.55 bits per heavy atom.